The second kappa shape index (κ2) is 10.9. The number of amides is 3. The van der Waals surface area contributed by atoms with Crippen LogP contribution in [0.15, 0.2) is 60.7 Å². The molecule has 0 saturated heterocycles. The van der Waals surface area contributed by atoms with E-state index in [4.69, 9.17) is 0 Å². The molecule has 1 atom stereocenters. The van der Waals surface area contributed by atoms with Crippen LogP contribution in [-0.4, -0.2) is 41.8 Å². The molecule has 3 aromatic carbocycles. The molecule has 0 radical (unpaired) electrons. The summed E-state index contributed by atoms with van der Waals surface area (Å²) in [7, 11) is 0. The van der Waals surface area contributed by atoms with Crippen LogP contribution in [0.3, 0.4) is 0 Å². The van der Waals surface area contributed by atoms with Gasteiger partial charge in [-0.2, -0.15) is 0 Å². The second-order valence-electron chi connectivity index (χ2n) is 9.70. The molecule has 36 heavy (non-hydrogen) atoms. The van der Waals surface area contributed by atoms with E-state index in [0.29, 0.717) is 25.1 Å². The van der Waals surface area contributed by atoms with E-state index < -0.39 is 6.04 Å². The van der Waals surface area contributed by atoms with Crippen molar-refractivity contribution in [2.24, 2.45) is 5.92 Å². The van der Waals surface area contributed by atoms with Crippen LogP contribution in [0.2, 0.25) is 0 Å². The second-order valence-corrected chi connectivity index (χ2v) is 9.70. The highest BCUT2D eigenvalue weighted by molar-refractivity contribution is 6.25. The van der Waals surface area contributed by atoms with Crippen molar-refractivity contribution in [2.45, 2.75) is 46.2 Å². The first kappa shape index (κ1) is 25.4. The highest BCUT2D eigenvalue weighted by Crippen LogP contribution is 2.37. The van der Waals surface area contributed by atoms with Crippen molar-refractivity contribution in [1.29, 1.82) is 0 Å². The molecule has 0 bridgehead atoms. The third kappa shape index (κ3) is 5.40. The number of nitrogens with zero attached hydrogens (tertiary/aromatic N) is 2. The number of halogens is 1. The highest BCUT2D eigenvalue weighted by Gasteiger charge is 2.30. The van der Waals surface area contributed by atoms with Gasteiger partial charge >= 0.3 is 0 Å². The van der Waals surface area contributed by atoms with Crippen LogP contribution in [0.1, 0.15) is 49.5 Å². The minimum atomic E-state index is -0.687. The molecule has 188 valence electrons. The number of hydrogen-bond acceptors (Lipinski definition) is 3. The van der Waals surface area contributed by atoms with E-state index in [1.807, 2.05) is 50.2 Å². The van der Waals surface area contributed by atoms with Crippen molar-refractivity contribution in [2.75, 3.05) is 18.0 Å². The molecule has 3 aromatic rings. The fourth-order valence-corrected chi connectivity index (χ4v) is 4.55. The van der Waals surface area contributed by atoms with Gasteiger partial charge in [0.15, 0.2) is 0 Å². The average Bonchev–Trinajstić information content (AvgIpc) is 3.14. The molecule has 4 rings (SSSR count). The Balaban J connectivity index is 1.45. The Hall–Kier alpha value is -3.74. The van der Waals surface area contributed by atoms with Gasteiger partial charge in [0.1, 0.15) is 11.9 Å². The van der Waals surface area contributed by atoms with E-state index in [9.17, 15) is 18.8 Å². The monoisotopic (exact) mass is 489 g/mol. The third-order valence-electron chi connectivity index (χ3n) is 6.54. The van der Waals surface area contributed by atoms with E-state index in [-0.39, 0.29) is 42.4 Å². The lowest BCUT2D eigenvalue weighted by Gasteiger charge is -2.29. The van der Waals surface area contributed by atoms with Crippen LogP contribution in [-0.2, 0) is 16.1 Å². The summed E-state index contributed by atoms with van der Waals surface area (Å²) in [5.74, 6) is -0.539. The molecule has 6 nitrogen and oxygen atoms in total. The van der Waals surface area contributed by atoms with Crippen molar-refractivity contribution in [3.8, 4) is 0 Å². The molecule has 1 aliphatic heterocycles. The lowest BCUT2D eigenvalue weighted by Crippen LogP contribution is -2.48. The molecule has 0 saturated carbocycles. The van der Waals surface area contributed by atoms with Crippen LogP contribution in [0, 0.1) is 11.7 Å². The standard InChI is InChI=1S/C29H32FN3O3/c1-19(2)17-31-28(35)20(3)33(18-21-12-14-23(30)15-13-21)26(34)11-6-16-32-25-10-5-8-22-7-4-9-24(27(22)25)29(32)36/h4-5,7-10,12-15,19-20H,6,11,16-18H2,1-3H3,(H,31,35)/t20-/m1/s1. The van der Waals surface area contributed by atoms with Crippen molar-refractivity contribution in [3.05, 3.63) is 77.6 Å². The van der Waals surface area contributed by atoms with Crippen molar-refractivity contribution in [1.82, 2.24) is 10.2 Å². The minimum Gasteiger partial charge on any atom is -0.354 e. The van der Waals surface area contributed by atoms with Gasteiger partial charge < -0.3 is 15.1 Å². The highest BCUT2D eigenvalue weighted by atomic mass is 19.1. The quantitative estimate of drug-likeness (QED) is 0.440. The molecule has 0 aromatic heterocycles. The zero-order chi connectivity index (χ0) is 25.8. The van der Waals surface area contributed by atoms with E-state index in [1.165, 1.54) is 17.0 Å². The summed E-state index contributed by atoms with van der Waals surface area (Å²) in [6.45, 7) is 6.83. The van der Waals surface area contributed by atoms with Gasteiger partial charge in [-0.1, -0.05) is 50.2 Å². The predicted octanol–water partition coefficient (Wildman–Crippen LogP) is 4.91. The number of carbonyl (C=O) groups is 3. The SMILES string of the molecule is CC(C)CNC(=O)[C@@H](C)N(Cc1ccc(F)cc1)C(=O)CCCN1C(=O)c2cccc3cccc1c23. The number of hydrogen-bond donors (Lipinski definition) is 1. The Morgan fingerprint density at radius 3 is 2.39 bits per heavy atom. The number of anilines is 1. The third-order valence-corrected chi connectivity index (χ3v) is 6.54. The maximum atomic E-state index is 13.4. The molecule has 0 unspecified atom stereocenters. The van der Waals surface area contributed by atoms with Gasteiger partial charge in [0.2, 0.25) is 11.8 Å². The Labute approximate surface area is 211 Å². The molecule has 0 aliphatic carbocycles. The molecule has 7 heteroatoms. The number of rotatable bonds is 10. The van der Waals surface area contributed by atoms with Gasteiger partial charge in [-0.05, 0) is 54.5 Å². The normalized spacial score (nSPS) is 13.4. The van der Waals surface area contributed by atoms with Crippen LogP contribution in [0.4, 0.5) is 10.1 Å². The van der Waals surface area contributed by atoms with Gasteiger partial charge in [-0.15, -0.1) is 0 Å². The maximum absolute atomic E-state index is 13.4. The first-order valence-corrected chi connectivity index (χ1v) is 12.4. The summed E-state index contributed by atoms with van der Waals surface area (Å²) < 4.78 is 13.4. The molecule has 1 aliphatic rings. The van der Waals surface area contributed by atoms with Crippen LogP contribution < -0.4 is 10.2 Å². The van der Waals surface area contributed by atoms with Crippen LogP contribution >= 0.6 is 0 Å². The van der Waals surface area contributed by atoms with Crippen molar-refractivity contribution >= 4 is 34.2 Å². The molecule has 1 heterocycles. The van der Waals surface area contributed by atoms with E-state index in [2.05, 4.69) is 5.32 Å². The zero-order valence-electron chi connectivity index (χ0n) is 21.0. The molecular formula is C29H32FN3O3. The first-order valence-electron chi connectivity index (χ1n) is 12.4. The lowest BCUT2D eigenvalue weighted by molar-refractivity contribution is -0.140. The van der Waals surface area contributed by atoms with Gasteiger partial charge in [0, 0.05) is 37.0 Å². The molecule has 1 N–H and O–H groups in total. The Morgan fingerprint density at radius 2 is 1.69 bits per heavy atom. The Bertz CT molecular complexity index is 1270. The molecule has 0 spiro atoms. The maximum Gasteiger partial charge on any atom is 0.258 e. The minimum absolute atomic E-state index is 0.0566. The average molecular weight is 490 g/mol. The summed E-state index contributed by atoms with van der Waals surface area (Å²) in [6.07, 6.45) is 0.633. The fourth-order valence-electron chi connectivity index (χ4n) is 4.55. The predicted molar refractivity (Wildman–Crippen MR) is 139 cm³/mol. The summed E-state index contributed by atoms with van der Waals surface area (Å²) in [4.78, 5) is 42.4. The molecular weight excluding hydrogens is 457 g/mol. The van der Waals surface area contributed by atoms with Gasteiger partial charge in [0.05, 0.1) is 5.69 Å². The van der Waals surface area contributed by atoms with Gasteiger partial charge in [0.25, 0.3) is 5.91 Å². The van der Waals surface area contributed by atoms with E-state index in [1.54, 1.807) is 24.0 Å². The number of benzene rings is 3. The summed E-state index contributed by atoms with van der Waals surface area (Å²) in [5, 5.41) is 4.86. The number of carbonyl (C=O) groups excluding carboxylic acids is 3. The van der Waals surface area contributed by atoms with E-state index >= 15 is 0 Å². The Morgan fingerprint density at radius 1 is 1.00 bits per heavy atom. The van der Waals surface area contributed by atoms with Gasteiger partial charge in [-0.25, -0.2) is 4.39 Å². The smallest absolute Gasteiger partial charge is 0.258 e. The number of nitrogens with one attached hydrogen (secondary N) is 1. The topological polar surface area (TPSA) is 69.7 Å². The summed E-state index contributed by atoms with van der Waals surface area (Å²) in [6, 6.07) is 16.8. The van der Waals surface area contributed by atoms with Crippen molar-refractivity contribution in [3.63, 3.8) is 0 Å². The van der Waals surface area contributed by atoms with Crippen LogP contribution in [0.5, 0.6) is 0 Å². The fraction of sp³-hybridized carbons (Fsp3) is 0.345. The van der Waals surface area contributed by atoms with E-state index in [0.717, 1.165) is 22.0 Å². The summed E-state index contributed by atoms with van der Waals surface area (Å²) in [5.41, 5.74) is 2.29. The zero-order valence-corrected chi connectivity index (χ0v) is 21.0. The summed E-state index contributed by atoms with van der Waals surface area (Å²) >= 11 is 0. The molecule has 0 fully saturated rings. The largest absolute Gasteiger partial charge is 0.354 e. The van der Waals surface area contributed by atoms with Gasteiger partial charge in [-0.3, -0.25) is 14.4 Å². The Kier molecular flexibility index (Phi) is 7.67. The first-order chi connectivity index (χ1) is 17.3. The molecule has 3 amide bonds. The van der Waals surface area contributed by atoms with Crippen LogP contribution in [0.25, 0.3) is 10.8 Å². The lowest BCUT2D eigenvalue weighted by atomic mass is 10.1. The van der Waals surface area contributed by atoms with Crippen molar-refractivity contribution < 1.29 is 18.8 Å².